The first-order valence-electron chi connectivity index (χ1n) is 9.91. The van der Waals surface area contributed by atoms with Crippen molar-refractivity contribution in [3.63, 3.8) is 0 Å². The Kier molecular flexibility index (Phi) is 6.59. The van der Waals surface area contributed by atoms with Gasteiger partial charge < -0.3 is 19.9 Å². The SMILES string of the molecule is CC(C)C[C@H](CO)Nc1nc(N(C)c2cccc(Cl)c2)c2ncn(C(C)C)c2n1. The van der Waals surface area contributed by atoms with E-state index in [0.717, 1.165) is 23.3 Å². The van der Waals surface area contributed by atoms with Crippen molar-refractivity contribution < 1.29 is 5.11 Å². The Balaban J connectivity index is 2.09. The van der Waals surface area contributed by atoms with Crippen LogP contribution in [0.1, 0.15) is 40.2 Å². The molecule has 2 N–H and O–H groups in total. The maximum atomic E-state index is 9.78. The summed E-state index contributed by atoms with van der Waals surface area (Å²) in [4.78, 5) is 16.0. The fourth-order valence-electron chi connectivity index (χ4n) is 3.32. The van der Waals surface area contributed by atoms with Gasteiger partial charge in [-0.2, -0.15) is 9.97 Å². The van der Waals surface area contributed by atoms with Crippen LogP contribution in [0.25, 0.3) is 11.2 Å². The second-order valence-corrected chi connectivity index (χ2v) is 8.42. The molecule has 3 aromatic rings. The maximum Gasteiger partial charge on any atom is 0.227 e. The van der Waals surface area contributed by atoms with Gasteiger partial charge >= 0.3 is 0 Å². The first-order valence-corrected chi connectivity index (χ1v) is 10.3. The van der Waals surface area contributed by atoms with Gasteiger partial charge in [-0.25, -0.2) is 4.98 Å². The number of anilines is 3. The summed E-state index contributed by atoms with van der Waals surface area (Å²) in [5.41, 5.74) is 2.38. The van der Waals surface area contributed by atoms with Gasteiger partial charge in [-0.15, -0.1) is 0 Å². The molecule has 1 aromatic carbocycles. The molecule has 0 bridgehead atoms. The zero-order valence-electron chi connectivity index (χ0n) is 17.6. The fourth-order valence-corrected chi connectivity index (χ4v) is 3.50. The monoisotopic (exact) mass is 416 g/mol. The quantitative estimate of drug-likeness (QED) is 0.556. The lowest BCUT2D eigenvalue weighted by Gasteiger charge is -2.22. The van der Waals surface area contributed by atoms with E-state index in [1.165, 1.54) is 0 Å². The fraction of sp³-hybridized carbons (Fsp3) is 0.476. The number of hydrogen-bond acceptors (Lipinski definition) is 6. The summed E-state index contributed by atoms with van der Waals surface area (Å²) < 4.78 is 2.02. The number of benzene rings is 1. The molecule has 7 nitrogen and oxygen atoms in total. The van der Waals surface area contributed by atoms with Crippen molar-refractivity contribution in [2.75, 3.05) is 23.9 Å². The summed E-state index contributed by atoms with van der Waals surface area (Å²) in [7, 11) is 1.93. The predicted molar refractivity (Wildman–Crippen MR) is 119 cm³/mol. The number of imidazole rings is 1. The molecular weight excluding hydrogens is 388 g/mol. The van der Waals surface area contributed by atoms with E-state index >= 15 is 0 Å². The van der Waals surface area contributed by atoms with Gasteiger partial charge in [0.25, 0.3) is 0 Å². The first kappa shape index (κ1) is 21.3. The topological polar surface area (TPSA) is 79.1 Å². The molecule has 0 radical (unpaired) electrons. The van der Waals surface area contributed by atoms with Gasteiger partial charge in [-0.3, -0.25) is 0 Å². The largest absolute Gasteiger partial charge is 0.394 e. The Morgan fingerprint density at radius 2 is 1.97 bits per heavy atom. The third kappa shape index (κ3) is 4.79. The summed E-state index contributed by atoms with van der Waals surface area (Å²) in [6.07, 6.45) is 2.61. The van der Waals surface area contributed by atoms with Gasteiger partial charge in [-0.05, 0) is 44.4 Å². The summed E-state index contributed by atoms with van der Waals surface area (Å²) in [6.45, 7) is 8.45. The van der Waals surface area contributed by atoms with Gasteiger partial charge in [-0.1, -0.05) is 31.5 Å². The molecule has 0 amide bonds. The summed E-state index contributed by atoms with van der Waals surface area (Å²) in [5.74, 6) is 1.60. The van der Waals surface area contributed by atoms with Crippen LogP contribution in [0, 0.1) is 5.92 Å². The van der Waals surface area contributed by atoms with Crippen molar-refractivity contribution in [3.8, 4) is 0 Å². The van der Waals surface area contributed by atoms with E-state index in [0.29, 0.717) is 22.7 Å². The molecule has 0 fully saturated rings. The number of hydrogen-bond donors (Lipinski definition) is 2. The molecule has 1 atom stereocenters. The Morgan fingerprint density at radius 1 is 1.21 bits per heavy atom. The van der Waals surface area contributed by atoms with Crippen LogP contribution in [-0.4, -0.2) is 44.3 Å². The zero-order chi connectivity index (χ0) is 21.1. The molecular formula is C21H29ClN6O. The molecule has 0 aliphatic carbocycles. The molecule has 0 saturated carbocycles. The summed E-state index contributed by atoms with van der Waals surface area (Å²) >= 11 is 6.19. The van der Waals surface area contributed by atoms with Crippen LogP contribution in [0.3, 0.4) is 0 Å². The van der Waals surface area contributed by atoms with Crippen molar-refractivity contribution in [1.82, 2.24) is 19.5 Å². The van der Waals surface area contributed by atoms with Crippen molar-refractivity contribution in [1.29, 1.82) is 0 Å². The highest BCUT2D eigenvalue weighted by molar-refractivity contribution is 6.30. The van der Waals surface area contributed by atoms with Crippen molar-refractivity contribution >= 4 is 40.2 Å². The first-order chi connectivity index (χ1) is 13.8. The van der Waals surface area contributed by atoms with Crippen molar-refractivity contribution in [2.45, 2.75) is 46.2 Å². The van der Waals surface area contributed by atoms with E-state index in [1.54, 1.807) is 6.33 Å². The number of rotatable bonds is 8. The number of aliphatic hydroxyl groups excluding tert-OH is 1. The summed E-state index contributed by atoms with van der Waals surface area (Å²) in [5, 5.41) is 13.7. The second kappa shape index (κ2) is 8.97. The van der Waals surface area contributed by atoms with Gasteiger partial charge in [0.2, 0.25) is 5.95 Å². The Bertz CT molecular complexity index is 971. The summed E-state index contributed by atoms with van der Waals surface area (Å²) in [6, 6.07) is 7.69. The Morgan fingerprint density at radius 3 is 2.59 bits per heavy atom. The number of aliphatic hydroxyl groups is 1. The van der Waals surface area contributed by atoms with E-state index in [-0.39, 0.29) is 18.7 Å². The standard InChI is InChI=1S/C21H29ClN6O/c1-13(2)9-16(11-29)24-21-25-19(27(5)17-8-6-7-15(22)10-17)18-20(26-21)28(12-23-18)14(3)4/h6-8,10,12-14,16,29H,9,11H2,1-5H3,(H,24,25,26)/t16-/m1/s1. The average molecular weight is 417 g/mol. The highest BCUT2D eigenvalue weighted by Gasteiger charge is 2.20. The van der Waals surface area contributed by atoms with Crippen LogP contribution in [0.2, 0.25) is 5.02 Å². The van der Waals surface area contributed by atoms with Crippen LogP contribution in [0.5, 0.6) is 0 Å². The molecule has 2 heterocycles. The van der Waals surface area contributed by atoms with E-state index in [4.69, 9.17) is 21.6 Å². The lowest BCUT2D eigenvalue weighted by molar-refractivity contribution is 0.259. The molecule has 3 rings (SSSR count). The molecule has 156 valence electrons. The maximum absolute atomic E-state index is 9.78. The van der Waals surface area contributed by atoms with E-state index in [9.17, 15) is 5.11 Å². The van der Waals surface area contributed by atoms with Crippen molar-refractivity contribution in [3.05, 3.63) is 35.6 Å². The third-order valence-electron chi connectivity index (χ3n) is 4.78. The molecule has 8 heteroatoms. The number of nitrogens with zero attached hydrogens (tertiary/aromatic N) is 5. The number of nitrogens with one attached hydrogen (secondary N) is 1. The van der Waals surface area contributed by atoms with Crippen LogP contribution in [0.4, 0.5) is 17.5 Å². The van der Waals surface area contributed by atoms with Gasteiger partial charge in [0, 0.05) is 23.8 Å². The molecule has 0 spiro atoms. The van der Waals surface area contributed by atoms with Gasteiger partial charge in [0.1, 0.15) is 0 Å². The Labute approximate surface area is 176 Å². The van der Waals surface area contributed by atoms with Gasteiger partial charge in [0.15, 0.2) is 17.0 Å². The average Bonchev–Trinajstić information content (AvgIpc) is 3.10. The minimum Gasteiger partial charge on any atom is -0.394 e. The van der Waals surface area contributed by atoms with Crippen LogP contribution >= 0.6 is 11.6 Å². The zero-order valence-corrected chi connectivity index (χ0v) is 18.4. The van der Waals surface area contributed by atoms with Crippen LogP contribution in [0.15, 0.2) is 30.6 Å². The smallest absolute Gasteiger partial charge is 0.227 e. The van der Waals surface area contributed by atoms with Crippen LogP contribution < -0.4 is 10.2 Å². The van der Waals surface area contributed by atoms with E-state index < -0.39 is 0 Å². The molecule has 2 aromatic heterocycles. The van der Waals surface area contributed by atoms with E-state index in [2.05, 4.69) is 38.0 Å². The minimum absolute atomic E-state index is 0.0164. The van der Waals surface area contributed by atoms with Crippen LogP contribution in [-0.2, 0) is 0 Å². The molecule has 29 heavy (non-hydrogen) atoms. The second-order valence-electron chi connectivity index (χ2n) is 7.98. The highest BCUT2D eigenvalue weighted by atomic mass is 35.5. The molecule has 0 saturated heterocycles. The lowest BCUT2D eigenvalue weighted by Crippen LogP contribution is -2.27. The van der Waals surface area contributed by atoms with Gasteiger partial charge in [0.05, 0.1) is 19.0 Å². The molecule has 0 aliphatic heterocycles. The third-order valence-corrected chi connectivity index (χ3v) is 5.02. The Hall–Kier alpha value is -2.38. The molecule has 0 unspecified atom stereocenters. The molecule has 0 aliphatic rings. The van der Waals surface area contributed by atoms with Crippen molar-refractivity contribution in [2.24, 2.45) is 5.92 Å². The van der Waals surface area contributed by atoms with E-state index in [1.807, 2.05) is 40.8 Å². The number of aromatic nitrogens is 4. The highest BCUT2D eigenvalue weighted by Crippen LogP contribution is 2.31. The minimum atomic E-state index is -0.118. The normalized spacial score (nSPS) is 12.7. The number of fused-ring (bicyclic) bond motifs is 1. The number of halogens is 1. The predicted octanol–water partition coefficient (Wildman–Crippen LogP) is 4.65. The lowest BCUT2D eigenvalue weighted by atomic mass is 10.0.